The molecule has 0 radical (unpaired) electrons. The quantitative estimate of drug-likeness (QED) is 0.638. The molecule has 0 rings (SSSR count). The molecule has 0 unspecified atom stereocenters. The summed E-state index contributed by atoms with van der Waals surface area (Å²) in [7, 11) is 1.50. The highest BCUT2D eigenvalue weighted by atomic mass is 16.5. The van der Waals surface area contributed by atoms with Crippen LogP contribution in [0.3, 0.4) is 0 Å². The lowest BCUT2D eigenvalue weighted by Gasteiger charge is -2.25. The van der Waals surface area contributed by atoms with Crippen LogP contribution in [0.25, 0.3) is 0 Å². The Hall–Kier alpha value is -1.89. The van der Waals surface area contributed by atoms with Crippen molar-refractivity contribution in [2.75, 3.05) is 13.7 Å². The van der Waals surface area contributed by atoms with Crippen molar-refractivity contribution in [2.45, 2.75) is 33.2 Å². The molecule has 0 spiro atoms. The van der Waals surface area contributed by atoms with Gasteiger partial charge in [0.1, 0.15) is 0 Å². The number of imide groups is 1. The first-order chi connectivity index (χ1) is 8.60. The van der Waals surface area contributed by atoms with Gasteiger partial charge in [0.2, 0.25) is 0 Å². The summed E-state index contributed by atoms with van der Waals surface area (Å²) in [6.07, 6.45) is 0. The minimum Gasteiger partial charge on any atom is -0.478 e. The van der Waals surface area contributed by atoms with Gasteiger partial charge in [-0.1, -0.05) is 0 Å². The first-order valence-corrected chi connectivity index (χ1v) is 5.64. The summed E-state index contributed by atoms with van der Waals surface area (Å²) in [4.78, 5) is 33.9. The molecule has 0 bridgehead atoms. The topological polar surface area (TPSA) is 105 Å². The van der Waals surface area contributed by atoms with Crippen molar-refractivity contribution >= 4 is 17.9 Å². The minimum absolute atomic E-state index is 0.0211. The van der Waals surface area contributed by atoms with Crippen LogP contribution >= 0.6 is 0 Å². The van der Waals surface area contributed by atoms with E-state index in [1.165, 1.54) is 21.0 Å². The van der Waals surface area contributed by atoms with Gasteiger partial charge in [-0.15, -0.1) is 0 Å². The van der Waals surface area contributed by atoms with Crippen LogP contribution in [0.5, 0.6) is 0 Å². The zero-order valence-electron chi connectivity index (χ0n) is 11.8. The van der Waals surface area contributed by atoms with Gasteiger partial charge >= 0.3 is 12.0 Å². The Morgan fingerprint density at radius 2 is 1.68 bits per heavy atom. The van der Waals surface area contributed by atoms with Crippen LogP contribution in [0.2, 0.25) is 0 Å². The van der Waals surface area contributed by atoms with Gasteiger partial charge in [0.05, 0.1) is 12.1 Å². The zero-order valence-corrected chi connectivity index (χ0v) is 11.8. The van der Waals surface area contributed by atoms with E-state index < -0.39 is 23.4 Å². The molecule has 0 saturated heterocycles. The molecule has 108 valence electrons. The lowest BCUT2D eigenvalue weighted by molar-refractivity contribution is -0.133. The van der Waals surface area contributed by atoms with Crippen molar-refractivity contribution in [1.82, 2.24) is 10.6 Å². The number of carboxylic acid groups (broad SMARTS) is 1. The second-order valence-corrected chi connectivity index (χ2v) is 4.78. The maximum Gasteiger partial charge on any atom is 0.331 e. The molecule has 7 nitrogen and oxygen atoms in total. The number of amides is 3. The Kier molecular flexibility index (Phi) is 6.20. The summed E-state index contributed by atoms with van der Waals surface area (Å²) < 4.78 is 4.92. The van der Waals surface area contributed by atoms with Crippen LogP contribution in [0.15, 0.2) is 11.1 Å². The number of nitrogens with one attached hydrogen (secondary N) is 2. The zero-order chi connectivity index (χ0) is 15.2. The molecule has 0 heterocycles. The monoisotopic (exact) mass is 272 g/mol. The molecule has 19 heavy (non-hydrogen) atoms. The van der Waals surface area contributed by atoms with Gasteiger partial charge in [-0.05, 0) is 27.7 Å². The van der Waals surface area contributed by atoms with Crippen molar-refractivity contribution in [3.05, 3.63) is 11.1 Å². The summed E-state index contributed by atoms with van der Waals surface area (Å²) in [6.45, 7) is 6.37. The number of urea groups is 1. The van der Waals surface area contributed by atoms with E-state index in [-0.39, 0.29) is 17.8 Å². The highest BCUT2D eigenvalue weighted by Crippen LogP contribution is 2.04. The molecule has 0 aromatic heterocycles. The predicted molar refractivity (Wildman–Crippen MR) is 68.6 cm³/mol. The van der Waals surface area contributed by atoms with Crippen molar-refractivity contribution in [3.63, 3.8) is 0 Å². The van der Waals surface area contributed by atoms with E-state index in [1.54, 1.807) is 13.8 Å². The van der Waals surface area contributed by atoms with Gasteiger partial charge in [-0.25, -0.2) is 9.59 Å². The number of hydrogen-bond donors (Lipinski definition) is 3. The Morgan fingerprint density at radius 3 is 2.11 bits per heavy atom. The van der Waals surface area contributed by atoms with Crippen molar-refractivity contribution in [2.24, 2.45) is 0 Å². The van der Waals surface area contributed by atoms with Crippen LogP contribution in [-0.2, 0) is 14.3 Å². The van der Waals surface area contributed by atoms with Crippen molar-refractivity contribution < 1.29 is 24.2 Å². The maximum absolute atomic E-state index is 11.6. The molecule has 0 aliphatic rings. The fourth-order valence-corrected chi connectivity index (χ4v) is 1.26. The van der Waals surface area contributed by atoms with Gasteiger partial charge in [-0.2, -0.15) is 0 Å². The molecular weight excluding hydrogens is 252 g/mol. The normalized spacial score (nSPS) is 12.5. The fraction of sp³-hybridized carbons (Fsp3) is 0.583. The standard InChI is InChI=1S/C12H20N2O5/c1-7(8(2)10(16)17)9(15)13-11(18)14-12(3,4)6-19-5/h6H2,1-5H3,(H,16,17)(H2,13,14,15,18). The summed E-state index contributed by atoms with van der Waals surface area (Å²) in [5.74, 6) is -1.95. The van der Waals surface area contributed by atoms with Crippen LogP contribution < -0.4 is 10.6 Å². The molecule has 0 atom stereocenters. The van der Waals surface area contributed by atoms with Crippen molar-refractivity contribution in [1.29, 1.82) is 0 Å². The Balaban J connectivity index is 4.63. The number of carbonyl (C=O) groups excluding carboxylic acids is 2. The number of ether oxygens (including phenoxy) is 1. The Labute approximate surface area is 112 Å². The van der Waals surface area contributed by atoms with E-state index in [9.17, 15) is 14.4 Å². The first kappa shape index (κ1) is 17.1. The van der Waals surface area contributed by atoms with Gasteiger partial charge in [0.15, 0.2) is 0 Å². The number of methoxy groups -OCH3 is 1. The smallest absolute Gasteiger partial charge is 0.331 e. The number of aliphatic carboxylic acids is 1. The average Bonchev–Trinajstić information content (AvgIpc) is 2.25. The van der Waals surface area contributed by atoms with Crippen molar-refractivity contribution in [3.8, 4) is 0 Å². The van der Waals surface area contributed by atoms with Gasteiger partial charge in [0, 0.05) is 18.3 Å². The molecular formula is C12H20N2O5. The number of hydrogen-bond acceptors (Lipinski definition) is 4. The predicted octanol–water partition coefficient (Wildman–Crippen LogP) is 0.658. The van der Waals surface area contributed by atoms with Crippen LogP contribution in [0, 0.1) is 0 Å². The first-order valence-electron chi connectivity index (χ1n) is 5.64. The molecule has 3 N–H and O–H groups in total. The maximum atomic E-state index is 11.6. The summed E-state index contributed by atoms with van der Waals surface area (Å²) in [5.41, 5.74) is -0.771. The fourth-order valence-electron chi connectivity index (χ4n) is 1.26. The van der Waals surface area contributed by atoms with Gasteiger partial charge < -0.3 is 15.2 Å². The Bertz CT molecular complexity index is 412. The van der Waals surface area contributed by atoms with E-state index >= 15 is 0 Å². The summed E-state index contributed by atoms with van der Waals surface area (Å²) in [5, 5.41) is 13.3. The third-order valence-electron chi connectivity index (χ3n) is 2.41. The third kappa shape index (κ3) is 6.01. The van der Waals surface area contributed by atoms with Gasteiger partial charge in [0.25, 0.3) is 5.91 Å². The molecule has 0 aliphatic heterocycles. The second kappa shape index (κ2) is 6.89. The molecule has 0 fully saturated rings. The molecule has 0 aliphatic carbocycles. The third-order valence-corrected chi connectivity index (χ3v) is 2.41. The van der Waals surface area contributed by atoms with E-state index in [1.807, 2.05) is 0 Å². The number of carbonyl (C=O) groups is 3. The second-order valence-electron chi connectivity index (χ2n) is 4.78. The molecule has 0 aromatic carbocycles. The van der Waals surface area contributed by atoms with Gasteiger partial charge in [-0.3, -0.25) is 10.1 Å². The van der Waals surface area contributed by atoms with E-state index in [0.717, 1.165) is 0 Å². The molecule has 0 saturated carbocycles. The van der Waals surface area contributed by atoms with Crippen LogP contribution in [0.4, 0.5) is 4.79 Å². The SMILES string of the molecule is COCC(C)(C)NC(=O)NC(=O)C(C)=C(C)C(=O)O. The van der Waals surface area contributed by atoms with Crippen LogP contribution in [-0.4, -0.2) is 42.3 Å². The van der Waals surface area contributed by atoms with Crippen LogP contribution in [0.1, 0.15) is 27.7 Å². The highest BCUT2D eigenvalue weighted by Gasteiger charge is 2.22. The number of rotatable bonds is 5. The van der Waals surface area contributed by atoms with E-state index in [4.69, 9.17) is 9.84 Å². The van der Waals surface area contributed by atoms with E-state index in [0.29, 0.717) is 0 Å². The highest BCUT2D eigenvalue weighted by molar-refractivity contribution is 6.07. The molecule has 0 aromatic rings. The van der Waals surface area contributed by atoms with E-state index in [2.05, 4.69) is 10.6 Å². The minimum atomic E-state index is -1.20. The largest absolute Gasteiger partial charge is 0.478 e. The number of carboxylic acids is 1. The molecule has 7 heteroatoms. The summed E-state index contributed by atoms with van der Waals surface area (Å²) in [6, 6.07) is -0.704. The Morgan fingerprint density at radius 1 is 1.16 bits per heavy atom. The summed E-state index contributed by atoms with van der Waals surface area (Å²) >= 11 is 0. The lowest BCUT2D eigenvalue weighted by Crippen LogP contribution is -2.52. The molecule has 3 amide bonds. The average molecular weight is 272 g/mol. The lowest BCUT2D eigenvalue weighted by atomic mass is 10.1.